The van der Waals surface area contributed by atoms with Crippen molar-refractivity contribution in [3.8, 4) is 0 Å². The van der Waals surface area contributed by atoms with Crippen molar-refractivity contribution in [2.45, 2.75) is 20.0 Å². The van der Waals surface area contributed by atoms with Crippen LogP contribution < -0.4 is 5.73 Å². The normalized spacial score (nSPS) is 10.3. The maximum Gasteiger partial charge on any atom is 0.128 e. The molecule has 0 aliphatic heterocycles. The van der Waals surface area contributed by atoms with Crippen molar-refractivity contribution in [1.29, 1.82) is 0 Å². The molecule has 0 saturated carbocycles. The van der Waals surface area contributed by atoms with E-state index >= 15 is 0 Å². The largest absolute Gasteiger partial charge is 0.389 e. The van der Waals surface area contributed by atoms with Crippen molar-refractivity contribution in [3.05, 3.63) is 35.1 Å². The standard InChI is InChI=1S/C11H14FNOS/c1-2-5-14-7-9-6-8(11(13)15)3-4-10(9)12/h3-4,6H,2,5,7H2,1H3,(H2,13,15). The van der Waals surface area contributed by atoms with E-state index in [4.69, 9.17) is 22.7 Å². The number of hydrogen-bond acceptors (Lipinski definition) is 2. The van der Waals surface area contributed by atoms with Crippen molar-refractivity contribution in [2.75, 3.05) is 6.61 Å². The van der Waals surface area contributed by atoms with Crippen LogP contribution in [0.3, 0.4) is 0 Å². The molecule has 0 bridgehead atoms. The summed E-state index contributed by atoms with van der Waals surface area (Å²) in [7, 11) is 0. The molecular formula is C11H14FNOS. The van der Waals surface area contributed by atoms with E-state index in [9.17, 15) is 4.39 Å². The van der Waals surface area contributed by atoms with Gasteiger partial charge in [-0.25, -0.2) is 4.39 Å². The van der Waals surface area contributed by atoms with E-state index in [2.05, 4.69) is 0 Å². The zero-order valence-electron chi connectivity index (χ0n) is 8.63. The summed E-state index contributed by atoms with van der Waals surface area (Å²) in [6.45, 7) is 2.88. The molecule has 0 unspecified atom stereocenters. The third-order valence-electron chi connectivity index (χ3n) is 1.94. The molecule has 0 radical (unpaired) electrons. The molecular weight excluding hydrogens is 213 g/mol. The lowest BCUT2D eigenvalue weighted by atomic mass is 10.1. The van der Waals surface area contributed by atoms with Crippen LogP contribution in [0.25, 0.3) is 0 Å². The average molecular weight is 227 g/mol. The highest BCUT2D eigenvalue weighted by atomic mass is 32.1. The Morgan fingerprint density at radius 2 is 2.27 bits per heavy atom. The number of rotatable bonds is 5. The van der Waals surface area contributed by atoms with Crippen LogP contribution in [-0.4, -0.2) is 11.6 Å². The minimum atomic E-state index is -0.286. The second kappa shape index (κ2) is 5.78. The molecule has 0 spiro atoms. The Balaban J connectivity index is 2.76. The molecule has 15 heavy (non-hydrogen) atoms. The molecule has 1 aromatic rings. The fourth-order valence-corrected chi connectivity index (χ4v) is 1.29. The molecule has 0 saturated heterocycles. The van der Waals surface area contributed by atoms with Crippen LogP contribution in [0.1, 0.15) is 24.5 Å². The molecule has 0 aromatic heterocycles. The minimum absolute atomic E-state index is 0.260. The van der Waals surface area contributed by atoms with Crippen molar-refractivity contribution in [3.63, 3.8) is 0 Å². The molecule has 82 valence electrons. The Morgan fingerprint density at radius 3 is 2.87 bits per heavy atom. The van der Waals surface area contributed by atoms with E-state index in [1.807, 2.05) is 6.92 Å². The zero-order valence-corrected chi connectivity index (χ0v) is 9.44. The van der Waals surface area contributed by atoms with E-state index in [-0.39, 0.29) is 17.4 Å². The predicted octanol–water partition coefficient (Wildman–Crippen LogP) is 2.39. The molecule has 0 aliphatic rings. The highest BCUT2D eigenvalue weighted by Gasteiger charge is 2.05. The van der Waals surface area contributed by atoms with Gasteiger partial charge in [-0.2, -0.15) is 0 Å². The number of ether oxygens (including phenoxy) is 1. The van der Waals surface area contributed by atoms with Gasteiger partial charge in [0.1, 0.15) is 10.8 Å². The number of nitrogens with two attached hydrogens (primary N) is 1. The first-order valence-electron chi connectivity index (χ1n) is 4.81. The molecule has 2 N–H and O–H groups in total. The Kier molecular flexibility index (Phi) is 4.65. The molecule has 0 aliphatic carbocycles. The predicted molar refractivity (Wildman–Crippen MR) is 62.2 cm³/mol. The van der Waals surface area contributed by atoms with E-state index in [0.29, 0.717) is 17.7 Å². The Hall–Kier alpha value is -1.00. The van der Waals surface area contributed by atoms with E-state index in [1.165, 1.54) is 6.07 Å². The van der Waals surface area contributed by atoms with Crippen molar-refractivity contribution in [1.82, 2.24) is 0 Å². The third kappa shape index (κ3) is 3.57. The first kappa shape index (κ1) is 12.1. The molecule has 0 amide bonds. The van der Waals surface area contributed by atoms with E-state index < -0.39 is 0 Å². The Bertz CT molecular complexity index is 354. The summed E-state index contributed by atoms with van der Waals surface area (Å²) in [6, 6.07) is 4.56. The maximum atomic E-state index is 13.3. The van der Waals surface area contributed by atoms with Gasteiger partial charge in [-0.3, -0.25) is 0 Å². The quantitative estimate of drug-likeness (QED) is 0.619. The number of halogens is 1. The second-order valence-electron chi connectivity index (χ2n) is 3.22. The highest BCUT2D eigenvalue weighted by Crippen LogP contribution is 2.12. The van der Waals surface area contributed by atoms with Gasteiger partial charge < -0.3 is 10.5 Å². The van der Waals surface area contributed by atoms with E-state index in [1.54, 1.807) is 12.1 Å². The monoisotopic (exact) mass is 227 g/mol. The van der Waals surface area contributed by atoms with Gasteiger partial charge in [0.25, 0.3) is 0 Å². The number of hydrogen-bond donors (Lipinski definition) is 1. The van der Waals surface area contributed by atoms with Crippen LogP contribution in [-0.2, 0) is 11.3 Å². The first-order valence-corrected chi connectivity index (χ1v) is 5.22. The summed E-state index contributed by atoms with van der Waals surface area (Å²) in [6.07, 6.45) is 0.913. The first-order chi connectivity index (χ1) is 7.15. The topological polar surface area (TPSA) is 35.2 Å². The van der Waals surface area contributed by atoms with Gasteiger partial charge in [-0.15, -0.1) is 0 Å². The average Bonchev–Trinajstić information content (AvgIpc) is 2.20. The van der Waals surface area contributed by atoms with Crippen LogP contribution >= 0.6 is 12.2 Å². The number of thiocarbonyl (C=S) groups is 1. The van der Waals surface area contributed by atoms with Gasteiger partial charge in [0.05, 0.1) is 6.61 Å². The fraction of sp³-hybridized carbons (Fsp3) is 0.364. The van der Waals surface area contributed by atoms with Gasteiger partial charge in [0, 0.05) is 17.7 Å². The summed E-state index contributed by atoms with van der Waals surface area (Å²) in [5.74, 6) is -0.286. The zero-order chi connectivity index (χ0) is 11.3. The van der Waals surface area contributed by atoms with Gasteiger partial charge in [-0.1, -0.05) is 19.1 Å². The molecule has 1 rings (SSSR count). The molecule has 4 heteroatoms. The number of benzene rings is 1. The van der Waals surface area contributed by atoms with Gasteiger partial charge in [0.2, 0.25) is 0 Å². The Morgan fingerprint density at radius 1 is 1.53 bits per heavy atom. The lowest BCUT2D eigenvalue weighted by Gasteiger charge is -2.06. The smallest absolute Gasteiger partial charge is 0.128 e. The van der Waals surface area contributed by atoms with Crippen LogP contribution in [0, 0.1) is 5.82 Å². The fourth-order valence-electron chi connectivity index (χ4n) is 1.17. The van der Waals surface area contributed by atoms with Gasteiger partial charge >= 0.3 is 0 Å². The van der Waals surface area contributed by atoms with Crippen molar-refractivity contribution < 1.29 is 9.13 Å². The lowest BCUT2D eigenvalue weighted by molar-refractivity contribution is 0.119. The summed E-state index contributed by atoms with van der Waals surface area (Å²) in [5, 5.41) is 0. The van der Waals surface area contributed by atoms with E-state index in [0.717, 1.165) is 6.42 Å². The summed E-state index contributed by atoms with van der Waals surface area (Å²) in [4.78, 5) is 0.270. The van der Waals surface area contributed by atoms with Gasteiger partial charge in [-0.05, 0) is 24.6 Å². The second-order valence-corrected chi connectivity index (χ2v) is 3.66. The molecule has 0 atom stereocenters. The summed E-state index contributed by atoms with van der Waals surface area (Å²) < 4.78 is 18.6. The van der Waals surface area contributed by atoms with Crippen LogP contribution in [0.4, 0.5) is 4.39 Å². The molecule has 0 fully saturated rings. The van der Waals surface area contributed by atoms with Crippen LogP contribution in [0.5, 0.6) is 0 Å². The highest BCUT2D eigenvalue weighted by molar-refractivity contribution is 7.80. The Labute approximate surface area is 94.2 Å². The molecule has 0 heterocycles. The van der Waals surface area contributed by atoms with Gasteiger partial charge in [0.15, 0.2) is 0 Å². The lowest BCUT2D eigenvalue weighted by Crippen LogP contribution is -2.10. The van der Waals surface area contributed by atoms with Crippen LogP contribution in [0.15, 0.2) is 18.2 Å². The maximum absolute atomic E-state index is 13.3. The van der Waals surface area contributed by atoms with Crippen LogP contribution in [0.2, 0.25) is 0 Å². The van der Waals surface area contributed by atoms with Crippen molar-refractivity contribution in [2.24, 2.45) is 5.73 Å². The third-order valence-corrected chi connectivity index (χ3v) is 2.17. The summed E-state index contributed by atoms with van der Waals surface area (Å²) in [5.41, 5.74) is 6.62. The summed E-state index contributed by atoms with van der Waals surface area (Å²) >= 11 is 4.81. The molecule has 2 nitrogen and oxygen atoms in total. The molecule has 1 aromatic carbocycles. The van der Waals surface area contributed by atoms with Crippen molar-refractivity contribution >= 4 is 17.2 Å². The minimum Gasteiger partial charge on any atom is -0.389 e. The SMILES string of the molecule is CCCOCc1cc(C(N)=S)ccc1F.